The molecule has 0 fully saturated rings. The lowest BCUT2D eigenvalue weighted by Gasteiger charge is -2.34. The van der Waals surface area contributed by atoms with E-state index < -0.39 is 48.3 Å². The molecule has 1 atom stereocenters. The molecule has 0 aromatic rings. The molecule has 0 saturated carbocycles. The zero-order valence-electron chi connectivity index (χ0n) is 12.7. The minimum atomic E-state index is -5.87. The summed E-state index contributed by atoms with van der Waals surface area (Å²) in [6.45, 7) is 5.17. The molecule has 0 bridgehead atoms. The van der Waals surface area contributed by atoms with E-state index in [4.69, 9.17) is 9.84 Å². The lowest BCUT2D eigenvalue weighted by molar-refractivity contribution is -0.372. The molecule has 0 aliphatic rings. The van der Waals surface area contributed by atoms with Crippen molar-refractivity contribution in [1.82, 2.24) is 0 Å². The first-order valence-electron chi connectivity index (χ1n) is 6.61. The van der Waals surface area contributed by atoms with E-state index in [1.807, 2.05) is 0 Å². The van der Waals surface area contributed by atoms with Gasteiger partial charge < -0.3 is 9.84 Å². The Kier molecular flexibility index (Phi) is 6.34. The van der Waals surface area contributed by atoms with E-state index >= 15 is 0 Å². The molecule has 0 spiro atoms. The molecule has 0 heterocycles. The molecular formula is C13H20F6O3. The van der Waals surface area contributed by atoms with Crippen molar-refractivity contribution in [2.24, 2.45) is 11.3 Å². The quantitative estimate of drug-likeness (QED) is 0.591. The van der Waals surface area contributed by atoms with Crippen LogP contribution in [0.1, 0.15) is 40.5 Å². The number of carbonyl (C=O) groups is 1. The normalized spacial score (nSPS) is 15.6. The van der Waals surface area contributed by atoms with Gasteiger partial charge in [0.1, 0.15) is 0 Å². The highest BCUT2D eigenvalue weighted by Gasteiger charge is 2.70. The molecule has 0 rings (SSSR count). The van der Waals surface area contributed by atoms with Gasteiger partial charge in [-0.25, -0.2) is 0 Å². The predicted molar refractivity (Wildman–Crippen MR) is 65.9 cm³/mol. The Bertz CT molecular complexity index is 372. The van der Waals surface area contributed by atoms with Gasteiger partial charge in [0.15, 0.2) is 0 Å². The third-order valence-electron chi connectivity index (χ3n) is 3.52. The van der Waals surface area contributed by atoms with E-state index in [0.717, 1.165) is 6.92 Å². The second-order valence-electron chi connectivity index (χ2n) is 6.00. The summed E-state index contributed by atoms with van der Waals surface area (Å²) in [6.07, 6.45) is -13.0. The molecule has 0 amide bonds. The van der Waals surface area contributed by atoms with Crippen molar-refractivity contribution in [1.29, 1.82) is 0 Å². The summed E-state index contributed by atoms with van der Waals surface area (Å²) >= 11 is 0. The van der Waals surface area contributed by atoms with Gasteiger partial charge in [-0.15, -0.1) is 0 Å². The average molecular weight is 338 g/mol. The SMILES string of the molecule is CCC(C)(C)C(=O)OCC(C)CC(O)(C(F)(F)F)C(F)(F)F. The minimum absolute atomic E-state index is 0.398. The van der Waals surface area contributed by atoms with Crippen LogP contribution >= 0.6 is 0 Å². The standard InChI is InChI=1S/C13H20F6O3/c1-5-10(3,4)9(20)22-7-8(2)6-11(21,12(14,15)16)13(17,18)19/h8,21H,5-7H2,1-4H3. The highest BCUT2D eigenvalue weighted by molar-refractivity contribution is 5.75. The van der Waals surface area contributed by atoms with Gasteiger partial charge >= 0.3 is 18.3 Å². The van der Waals surface area contributed by atoms with Crippen LogP contribution in [0.3, 0.4) is 0 Å². The number of rotatable bonds is 6. The molecule has 132 valence electrons. The topological polar surface area (TPSA) is 46.5 Å². The van der Waals surface area contributed by atoms with Crippen LogP contribution in [0.5, 0.6) is 0 Å². The summed E-state index contributed by atoms with van der Waals surface area (Å²) in [5.74, 6) is -2.05. The van der Waals surface area contributed by atoms with Crippen molar-refractivity contribution in [2.45, 2.75) is 58.5 Å². The maximum absolute atomic E-state index is 12.5. The molecule has 3 nitrogen and oxygen atoms in total. The third kappa shape index (κ3) is 4.76. The Morgan fingerprint density at radius 1 is 1.09 bits per heavy atom. The number of hydrogen-bond acceptors (Lipinski definition) is 3. The molecule has 9 heteroatoms. The van der Waals surface area contributed by atoms with Crippen molar-refractivity contribution in [3.05, 3.63) is 0 Å². The maximum atomic E-state index is 12.5. The highest BCUT2D eigenvalue weighted by Crippen LogP contribution is 2.46. The number of aliphatic hydroxyl groups is 1. The minimum Gasteiger partial charge on any atom is -0.465 e. The van der Waals surface area contributed by atoms with Crippen LogP contribution in [-0.4, -0.2) is 35.6 Å². The van der Waals surface area contributed by atoms with Crippen LogP contribution in [0, 0.1) is 11.3 Å². The maximum Gasteiger partial charge on any atom is 0.426 e. The van der Waals surface area contributed by atoms with Crippen molar-refractivity contribution in [3.8, 4) is 0 Å². The van der Waals surface area contributed by atoms with Gasteiger partial charge in [0, 0.05) is 6.42 Å². The molecule has 0 aliphatic carbocycles. The lowest BCUT2D eigenvalue weighted by Crippen LogP contribution is -2.57. The van der Waals surface area contributed by atoms with Crippen molar-refractivity contribution >= 4 is 5.97 Å². The first-order chi connectivity index (χ1) is 9.58. The van der Waals surface area contributed by atoms with E-state index in [1.165, 1.54) is 0 Å². The number of esters is 1. The van der Waals surface area contributed by atoms with Crippen molar-refractivity contribution in [3.63, 3.8) is 0 Å². The lowest BCUT2D eigenvalue weighted by atomic mass is 9.89. The van der Waals surface area contributed by atoms with Gasteiger partial charge in [-0.05, 0) is 26.2 Å². The first-order valence-corrected chi connectivity index (χ1v) is 6.61. The summed E-state index contributed by atoms with van der Waals surface area (Å²) in [5.41, 5.74) is -5.71. The summed E-state index contributed by atoms with van der Waals surface area (Å²) in [7, 11) is 0. The van der Waals surface area contributed by atoms with Gasteiger partial charge in [-0.1, -0.05) is 13.8 Å². The van der Waals surface area contributed by atoms with Crippen LogP contribution in [0.15, 0.2) is 0 Å². The molecule has 22 heavy (non-hydrogen) atoms. The molecule has 0 aromatic heterocycles. The number of halogens is 6. The fraction of sp³-hybridized carbons (Fsp3) is 0.923. The molecule has 0 aromatic carbocycles. The zero-order valence-corrected chi connectivity index (χ0v) is 12.7. The van der Waals surface area contributed by atoms with E-state index in [9.17, 15) is 31.1 Å². The molecular weight excluding hydrogens is 318 g/mol. The van der Waals surface area contributed by atoms with E-state index in [-0.39, 0.29) is 0 Å². The number of hydrogen-bond donors (Lipinski definition) is 1. The fourth-order valence-corrected chi connectivity index (χ4v) is 1.51. The van der Waals surface area contributed by atoms with Crippen LogP contribution in [-0.2, 0) is 9.53 Å². The predicted octanol–water partition coefficient (Wildman–Crippen LogP) is 3.85. The van der Waals surface area contributed by atoms with Gasteiger partial charge in [-0.3, -0.25) is 4.79 Å². The molecule has 0 saturated heterocycles. The summed E-state index contributed by atoms with van der Waals surface area (Å²) in [5, 5.41) is 9.04. The Morgan fingerprint density at radius 3 is 1.82 bits per heavy atom. The average Bonchev–Trinajstić information content (AvgIpc) is 2.32. The summed E-state index contributed by atoms with van der Waals surface area (Å²) < 4.78 is 79.9. The molecule has 1 N–H and O–H groups in total. The van der Waals surface area contributed by atoms with Gasteiger partial charge in [0.25, 0.3) is 5.60 Å². The second-order valence-corrected chi connectivity index (χ2v) is 6.00. The number of alkyl halides is 6. The smallest absolute Gasteiger partial charge is 0.426 e. The third-order valence-corrected chi connectivity index (χ3v) is 3.52. The van der Waals surface area contributed by atoms with Crippen molar-refractivity contribution < 1.29 is 41.0 Å². The van der Waals surface area contributed by atoms with E-state index in [2.05, 4.69) is 0 Å². The Labute approximate surface area is 124 Å². The van der Waals surface area contributed by atoms with Gasteiger partial charge in [-0.2, -0.15) is 26.3 Å². The summed E-state index contributed by atoms with van der Waals surface area (Å²) in [6, 6.07) is 0. The second kappa shape index (κ2) is 6.64. The number of ether oxygens (including phenoxy) is 1. The molecule has 0 radical (unpaired) electrons. The van der Waals surface area contributed by atoms with Crippen LogP contribution < -0.4 is 0 Å². The summed E-state index contributed by atoms with van der Waals surface area (Å²) in [4.78, 5) is 11.6. The fourth-order valence-electron chi connectivity index (χ4n) is 1.51. The Morgan fingerprint density at radius 2 is 1.50 bits per heavy atom. The number of carbonyl (C=O) groups excluding carboxylic acids is 1. The van der Waals surface area contributed by atoms with Crippen LogP contribution in [0.2, 0.25) is 0 Å². The first kappa shape index (κ1) is 21.0. The Hall–Kier alpha value is -0.990. The largest absolute Gasteiger partial charge is 0.465 e. The van der Waals surface area contributed by atoms with Crippen molar-refractivity contribution in [2.75, 3.05) is 6.61 Å². The zero-order chi connectivity index (χ0) is 18.0. The van der Waals surface area contributed by atoms with Gasteiger partial charge in [0.2, 0.25) is 0 Å². The molecule has 0 aliphatic heterocycles. The van der Waals surface area contributed by atoms with E-state index in [0.29, 0.717) is 6.42 Å². The van der Waals surface area contributed by atoms with Crippen LogP contribution in [0.25, 0.3) is 0 Å². The van der Waals surface area contributed by atoms with Gasteiger partial charge in [0.05, 0.1) is 12.0 Å². The monoisotopic (exact) mass is 338 g/mol. The highest BCUT2D eigenvalue weighted by atomic mass is 19.4. The molecule has 1 unspecified atom stereocenters. The van der Waals surface area contributed by atoms with E-state index in [1.54, 1.807) is 20.8 Å². The van der Waals surface area contributed by atoms with Crippen LogP contribution in [0.4, 0.5) is 26.3 Å². The Balaban J connectivity index is 4.89.